The molecule has 8 heteroatoms. The lowest BCUT2D eigenvalue weighted by Gasteiger charge is -2.10. The first-order chi connectivity index (χ1) is 9.96. The fourth-order valence-electron chi connectivity index (χ4n) is 1.77. The molecule has 0 fully saturated rings. The lowest BCUT2D eigenvalue weighted by atomic mass is 10.3. The van der Waals surface area contributed by atoms with Gasteiger partial charge in [-0.2, -0.15) is 0 Å². The standard InChI is InChI=1S/C13H13Cl2N3O2S/c1-3-18-6-7(4-9(16-2)13(18)20)17-12(19)10-5-8(14)11(15)21-10/h4-6,16H,3H2,1-2H3,(H,17,19). The number of aryl methyl sites for hydroxylation is 1. The summed E-state index contributed by atoms with van der Waals surface area (Å²) in [5.41, 5.74) is 0.795. The van der Waals surface area contributed by atoms with Gasteiger partial charge in [-0.1, -0.05) is 23.2 Å². The highest BCUT2D eigenvalue weighted by Gasteiger charge is 2.14. The van der Waals surface area contributed by atoms with Crippen molar-refractivity contribution in [3.05, 3.63) is 42.9 Å². The van der Waals surface area contributed by atoms with Crippen molar-refractivity contribution in [2.45, 2.75) is 13.5 Å². The predicted molar refractivity (Wildman–Crippen MR) is 88.2 cm³/mol. The highest BCUT2D eigenvalue weighted by atomic mass is 35.5. The number of hydrogen-bond acceptors (Lipinski definition) is 4. The minimum atomic E-state index is -0.322. The van der Waals surface area contributed by atoms with E-state index in [0.29, 0.717) is 32.2 Å². The first kappa shape index (κ1) is 15.9. The molecule has 2 heterocycles. The molecular weight excluding hydrogens is 333 g/mol. The van der Waals surface area contributed by atoms with Gasteiger partial charge in [0.15, 0.2) is 0 Å². The molecular formula is C13H13Cl2N3O2S. The van der Waals surface area contributed by atoms with Gasteiger partial charge in [0.1, 0.15) is 10.0 Å². The maximum absolute atomic E-state index is 12.1. The Labute approximate surface area is 135 Å². The summed E-state index contributed by atoms with van der Waals surface area (Å²) in [5, 5.41) is 5.89. The van der Waals surface area contributed by atoms with Gasteiger partial charge < -0.3 is 15.2 Å². The van der Waals surface area contributed by atoms with E-state index in [1.807, 2.05) is 6.92 Å². The van der Waals surface area contributed by atoms with Crippen molar-refractivity contribution in [2.75, 3.05) is 17.7 Å². The van der Waals surface area contributed by atoms with E-state index < -0.39 is 0 Å². The Morgan fingerprint density at radius 2 is 2.10 bits per heavy atom. The largest absolute Gasteiger partial charge is 0.384 e. The molecule has 0 saturated heterocycles. The second-order valence-electron chi connectivity index (χ2n) is 4.17. The lowest BCUT2D eigenvalue weighted by Crippen LogP contribution is -2.23. The predicted octanol–water partition coefficient (Wildman–Crippen LogP) is 3.53. The molecule has 0 atom stereocenters. The first-order valence-electron chi connectivity index (χ1n) is 6.14. The highest BCUT2D eigenvalue weighted by molar-refractivity contribution is 7.18. The average molecular weight is 346 g/mol. The van der Waals surface area contributed by atoms with E-state index in [0.717, 1.165) is 11.3 Å². The van der Waals surface area contributed by atoms with Crippen LogP contribution in [0.4, 0.5) is 11.4 Å². The molecule has 2 N–H and O–H groups in total. The smallest absolute Gasteiger partial charge is 0.273 e. The maximum Gasteiger partial charge on any atom is 0.273 e. The zero-order chi connectivity index (χ0) is 15.6. The van der Waals surface area contributed by atoms with Gasteiger partial charge in [0, 0.05) is 19.8 Å². The van der Waals surface area contributed by atoms with Gasteiger partial charge in [0.2, 0.25) is 0 Å². The van der Waals surface area contributed by atoms with E-state index in [4.69, 9.17) is 23.2 Å². The van der Waals surface area contributed by atoms with E-state index in [-0.39, 0.29) is 11.5 Å². The summed E-state index contributed by atoms with van der Waals surface area (Å²) in [5.74, 6) is -0.322. The fraction of sp³-hybridized carbons (Fsp3) is 0.231. The molecule has 0 aromatic carbocycles. The normalized spacial score (nSPS) is 10.5. The Hall–Kier alpha value is -1.50. The number of aromatic nitrogens is 1. The van der Waals surface area contributed by atoms with Crippen LogP contribution in [0, 0.1) is 0 Å². The number of rotatable bonds is 4. The summed E-state index contributed by atoms with van der Waals surface area (Å²) in [4.78, 5) is 24.5. The molecule has 2 aromatic rings. The quantitative estimate of drug-likeness (QED) is 0.890. The van der Waals surface area contributed by atoms with Crippen molar-refractivity contribution in [3.63, 3.8) is 0 Å². The number of amides is 1. The molecule has 21 heavy (non-hydrogen) atoms. The van der Waals surface area contributed by atoms with Crippen molar-refractivity contribution < 1.29 is 4.79 Å². The number of carbonyl (C=O) groups is 1. The van der Waals surface area contributed by atoms with Gasteiger partial charge in [-0.05, 0) is 19.1 Å². The molecule has 112 valence electrons. The Kier molecular flexibility index (Phi) is 4.92. The van der Waals surface area contributed by atoms with E-state index in [9.17, 15) is 9.59 Å². The van der Waals surface area contributed by atoms with Crippen LogP contribution in [0.1, 0.15) is 16.6 Å². The van der Waals surface area contributed by atoms with Crippen molar-refractivity contribution in [1.82, 2.24) is 4.57 Å². The highest BCUT2D eigenvalue weighted by Crippen LogP contribution is 2.32. The van der Waals surface area contributed by atoms with Gasteiger partial charge in [-0.15, -0.1) is 11.3 Å². The first-order valence-corrected chi connectivity index (χ1v) is 7.72. The molecule has 0 aliphatic carbocycles. The number of hydrogen-bond donors (Lipinski definition) is 2. The van der Waals surface area contributed by atoms with Crippen LogP contribution in [0.2, 0.25) is 9.36 Å². The molecule has 2 aromatic heterocycles. The Morgan fingerprint density at radius 1 is 1.38 bits per heavy atom. The van der Waals surface area contributed by atoms with E-state index >= 15 is 0 Å². The second-order valence-corrected chi connectivity index (χ2v) is 6.23. The Balaban J connectivity index is 2.31. The van der Waals surface area contributed by atoms with Crippen LogP contribution in [-0.2, 0) is 6.54 Å². The van der Waals surface area contributed by atoms with Gasteiger partial charge in [0.05, 0.1) is 15.6 Å². The van der Waals surface area contributed by atoms with E-state index in [1.54, 1.807) is 19.3 Å². The van der Waals surface area contributed by atoms with Crippen LogP contribution >= 0.6 is 34.5 Å². The number of nitrogens with zero attached hydrogens (tertiary/aromatic N) is 1. The van der Waals surface area contributed by atoms with Crippen LogP contribution in [0.5, 0.6) is 0 Å². The summed E-state index contributed by atoms with van der Waals surface area (Å²) >= 11 is 12.8. The molecule has 0 spiro atoms. The SMILES string of the molecule is CCn1cc(NC(=O)c2cc(Cl)c(Cl)s2)cc(NC)c1=O. The number of pyridine rings is 1. The number of nitrogens with one attached hydrogen (secondary N) is 2. The lowest BCUT2D eigenvalue weighted by molar-refractivity contribution is 0.103. The minimum absolute atomic E-state index is 0.139. The molecule has 0 aliphatic rings. The monoisotopic (exact) mass is 345 g/mol. The van der Waals surface area contributed by atoms with Crippen LogP contribution in [0.3, 0.4) is 0 Å². The summed E-state index contributed by atoms with van der Waals surface area (Å²) in [6.45, 7) is 2.36. The minimum Gasteiger partial charge on any atom is -0.384 e. The van der Waals surface area contributed by atoms with E-state index in [1.165, 1.54) is 10.6 Å². The summed E-state index contributed by atoms with van der Waals surface area (Å²) in [6, 6.07) is 3.10. The zero-order valence-electron chi connectivity index (χ0n) is 11.4. The van der Waals surface area contributed by atoms with Crippen molar-refractivity contribution >= 4 is 51.8 Å². The molecule has 0 radical (unpaired) electrons. The Bertz CT molecular complexity index is 692. The van der Waals surface area contributed by atoms with Crippen LogP contribution < -0.4 is 16.2 Å². The van der Waals surface area contributed by atoms with Crippen molar-refractivity contribution in [3.8, 4) is 0 Å². The van der Waals surface area contributed by atoms with Gasteiger partial charge >= 0.3 is 0 Å². The fourth-order valence-corrected chi connectivity index (χ4v) is 3.03. The van der Waals surface area contributed by atoms with Gasteiger partial charge in [-0.25, -0.2) is 0 Å². The van der Waals surface area contributed by atoms with Crippen molar-refractivity contribution in [2.24, 2.45) is 0 Å². The molecule has 0 unspecified atom stereocenters. The summed E-state index contributed by atoms with van der Waals surface area (Å²) in [6.07, 6.45) is 1.60. The number of anilines is 2. The van der Waals surface area contributed by atoms with E-state index in [2.05, 4.69) is 10.6 Å². The van der Waals surface area contributed by atoms with Crippen LogP contribution in [-0.4, -0.2) is 17.5 Å². The summed E-state index contributed by atoms with van der Waals surface area (Å²) in [7, 11) is 1.65. The third kappa shape index (κ3) is 3.40. The average Bonchev–Trinajstić information content (AvgIpc) is 2.80. The summed E-state index contributed by atoms with van der Waals surface area (Å²) < 4.78 is 1.88. The third-order valence-electron chi connectivity index (χ3n) is 2.82. The zero-order valence-corrected chi connectivity index (χ0v) is 13.7. The van der Waals surface area contributed by atoms with Crippen LogP contribution in [0.25, 0.3) is 0 Å². The number of carbonyl (C=O) groups excluding carboxylic acids is 1. The van der Waals surface area contributed by atoms with Crippen molar-refractivity contribution in [1.29, 1.82) is 0 Å². The molecule has 0 aliphatic heterocycles. The third-order valence-corrected chi connectivity index (χ3v) is 4.69. The second kappa shape index (κ2) is 6.51. The van der Waals surface area contributed by atoms with Gasteiger partial charge in [-0.3, -0.25) is 9.59 Å². The molecule has 0 bridgehead atoms. The topological polar surface area (TPSA) is 63.1 Å². The molecule has 1 amide bonds. The molecule has 5 nitrogen and oxygen atoms in total. The molecule has 2 rings (SSSR count). The van der Waals surface area contributed by atoms with Gasteiger partial charge in [0.25, 0.3) is 11.5 Å². The van der Waals surface area contributed by atoms with Crippen LogP contribution in [0.15, 0.2) is 23.1 Å². The Morgan fingerprint density at radius 3 is 2.62 bits per heavy atom. The number of thiophene rings is 1. The maximum atomic E-state index is 12.1. The molecule has 0 saturated carbocycles. The number of halogens is 2.